The maximum Gasteiger partial charge on any atom is 0.317 e. The largest absolute Gasteiger partial charge is 0.390 e. The Bertz CT molecular complexity index is 569. The van der Waals surface area contributed by atoms with Crippen molar-refractivity contribution >= 4 is 11.7 Å². The van der Waals surface area contributed by atoms with Crippen molar-refractivity contribution in [2.24, 2.45) is 5.16 Å². The summed E-state index contributed by atoms with van der Waals surface area (Å²) in [7, 11) is 0. The average molecular weight is 317 g/mol. The van der Waals surface area contributed by atoms with Gasteiger partial charge in [-0.1, -0.05) is 36.3 Å². The van der Waals surface area contributed by atoms with Crippen LogP contribution >= 0.6 is 0 Å². The first-order valence-corrected chi connectivity index (χ1v) is 8.35. The van der Waals surface area contributed by atoms with Crippen molar-refractivity contribution < 1.29 is 9.63 Å². The van der Waals surface area contributed by atoms with Crippen molar-refractivity contribution in [2.45, 2.75) is 52.7 Å². The summed E-state index contributed by atoms with van der Waals surface area (Å²) in [5.41, 5.74) is 3.29. The van der Waals surface area contributed by atoms with Gasteiger partial charge >= 0.3 is 6.03 Å². The maximum atomic E-state index is 12.3. The van der Waals surface area contributed by atoms with Gasteiger partial charge in [0.2, 0.25) is 0 Å². The molecule has 1 aliphatic heterocycles. The fourth-order valence-electron chi connectivity index (χ4n) is 2.71. The van der Waals surface area contributed by atoms with Crippen LogP contribution in [0.5, 0.6) is 0 Å². The molecule has 1 unspecified atom stereocenters. The monoisotopic (exact) mass is 317 g/mol. The molecule has 1 aromatic carbocycles. The van der Waals surface area contributed by atoms with E-state index >= 15 is 0 Å². The predicted molar refractivity (Wildman–Crippen MR) is 92.7 cm³/mol. The maximum absolute atomic E-state index is 12.3. The highest BCUT2D eigenvalue weighted by atomic mass is 16.6. The van der Waals surface area contributed by atoms with Gasteiger partial charge in [-0.25, -0.2) is 4.79 Å². The second kappa shape index (κ2) is 7.99. The van der Waals surface area contributed by atoms with E-state index in [0.717, 1.165) is 30.7 Å². The summed E-state index contributed by atoms with van der Waals surface area (Å²) in [6.45, 7) is 9.36. The number of hydrogen-bond donors (Lipinski definition) is 1. The molecule has 0 radical (unpaired) electrons. The van der Waals surface area contributed by atoms with Gasteiger partial charge in [0.25, 0.3) is 0 Å². The first-order chi connectivity index (χ1) is 11.0. The molecule has 1 heterocycles. The highest BCUT2D eigenvalue weighted by Gasteiger charge is 2.27. The summed E-state index contributed by atoms with van der Waals surface area (Å²) in [6.07, 6.45) is 1.58. The summed E-state index contributed by atoms with van der Waals surface area (Å²) >= 11 is 0. The molecule has 2 rings (SSSR count). The van der Waals surface area contributed by atoms with E-state index in [4.69, 9.17) is 4.84 Å². The lowest BCUT2D eigenvalue weighted by atomic mass is 10.0. The van der Waals surface area contributed by atoms with Gasteiger partial charge in [0.15, 0.2) is 6.10 Å². The van der Waals surface area contributed by atoms with E-state index in [1.807, 2.05) is 30.9 Å². The van der Waals surface area contributed by atoms with Crippen LogP contribution in [0.1, 0.15) is 44.7 Å². The van der Waals surface area contributed by atoms with E-state index < -0.39 is 0 Å². The zero-order valence-corrected chi connectivity index (χ0v) is 14.5. The zero-order chi connectivity index (χ0) is 16.8. The molecule has 0 aliphatic carbocycles. The number of nitrogens with one attached hydrogen (secondary N) is 1. The molecule has 0 fully saturated rings. The zero-order valence-electron chi connectivity index (χ0n) is 14.5. The fraction of sp³-hybridized carbons (Fsp3) is 0.556. The number of oxime groups is 1. The van der Waals surface area contributed by atoms with Crippen molar-refractivity contribution in [1.29, 1.82) is 0 Å². The molecule has 0 aromatic heterocycles. The number of nitrogens with zero attached hydrogens (tertiary/aromatic N) is 2. The molecule has 126 valence electrons. The molecule has 0 spiro atoms. The Morgan fingerprint density at radius 1 is 1.43 bits per heavy atom. The van der Waals surface area contributed by atoms with Crippen LogP contribution in [-0.4, -0.2) is 41.9 Å². The third-order valence-corrected chi connectivity index (χ3v) is 3.81. The van der Waals surface area contributed by atoms with Gasteiger partial charge < -0.3 is 15.1 Å². The van der Waals surface area contributed by atoms with Crippen LogP contribution in [0.3, 0.4) is 0 Å². The molecule has 0 bridgehead atoms. The Hall–Kier alpha value is -2.04. The molecule has 23 heavy (non-hydrogen) atoms. The molecule has 1 aliphatic rings. The summed E-state index contributed by atoms with van der Waals surface area (Å²) in [6, 6.07) is 8.27. The van der Waals surface area contributed by atoms with Gasteiger partial charge in [0.05, 0.1) is 12.3 Å². The summed E-state index contributed by atoms with van der Waals surface area (Å²) in [5, 5.41) is 7.19. The van der Waals surface area contributed by atoms with Crippen LogP contribution in [0, 0.1) is 6.92 Å². The Balaban J connectivity index is 1.96. The van der Waals surface area contributed by atoms with Crippen molar-refractivity contribution in [1.82, 2.24) is 10.2 Å². The van der Waals surface area contributed by atoms with Gasteiger partial charge in [0, 0.05) is 24.6 Å². The lowest BCUT2D eigenvalue weighted by Crippen LogP contribution is -2.46. The molecular formula is C18H27N3O2. The Morgan fingerprint density at radius 2 is 2.17 bits per heavy atom. The molecular weight excluding hydrogens is 290 g/mol. The van der Waals surface area contributed by atoms with Crippen molar-refractivity contribution in [3.8, 4) is 0 Å². The standard InChI is InChI=1S/C18H27N3O2/c1-5-10-21(18(22)19-13(2)3)12-15-11-17(20-23-15)16-9-7-6-8-14(16)4/h6-9,13,15H,5,10-12H2,1-4H3,(H,19,22). The molecule has 2 amide bonds. The van der Waals surface area contributed by atoms with Crippen LogP contribution in [0.25, 0.3) is 0 Å². The minimum Gasteiger partial charge on any atom is -0.390 e. The lowest BCUT2D eigenvalue weighted by molar-refractivity contribution is 0.0603. The number of benzene rings is 1. The lowest BCUT2D eigenvalue weighted by Gasteiger charge is -2.25. The highest BCUT2D eigenvalue weighted by molar-refractivity contribution is 6.02. The first kappa shape index (κ1) is 17.3. The van der Waals surface area contributed by atoms with E-state index in [0.29, 0.717) is 6.54 Å². The minimum atomic E-state index is -0.0749. The third-order valence-electron chi connectivity index (χ3n) is 3.81. The number of carbonyl (C=O) groups excluding carboxylic acids is 1. The quantitative estimate of drug-likeness (QED) is 0.875. The van der Waals surface area contributed by atoms with E-state index in [1.54, 1.807) is 0 Å². The van der Waals surface area contributed by atoms with Crippen LogP contribution < -0.4 is 5.32 Å². The molecule has 1 N–H and O–H groups in total. The molecule has 1 atom stereocenters. The third kappa shape index (κ3) is 4.71. The highest BCUT2D eigenvalue weighted by Crippen LogP contribution is 2.20. The number of rotatable bonds is 6. The Kier molecular flexibility index (Phi) is 6.02. The van der Waals surface area contributed by atoms with Gasteiger partial charge in [0.1, 0.15) is 0 Å². The van der Waals surface area contributed by atoms with Gasteiger partial charge in [-0.2, -0.15) is 0 Å². The van der Waals surface area contributed by atoms with Gasteiger partial charge in [-0.15, -0.1) is 0 Å². The van der Waals surface area contributed by atoms with E-state index in [9.17, 15) is 4.79 Å². The molecule has 5 nitrogen and oxygen atoms in total. The number of hydrogen-bond acceptors (Lipinski definition) is 3. The normalized spacial score (nSPS) is 16.9. The van der Waals surface area contributed by atoms with E-state index in [1.165, 1.54) is 5.56 Å². The van der Waals surface area contributed by atoms with Crippen molar-refractivity contribution in [2.75, 3.05) is 13.1 Å². The molecule has 1 aromatic rings. The number of aryl methyl sites for hydroxylation is 1. The van der Waals surface area contributed by atoms with Gasteiger partial charge in [-0.05, 0) is 32.8 Å². The number of urea groups is 1. The van der Waals surface area contributed by atoms with Crippen LogP contribution in [0.15, 0.2) is 29.4 Å². The second-order valence-corrected chi connectivity index (χ2v) is 6.33. The number of amides is 2. The van der Waals surface area contributed by atoms with E-state index in [2.05, 4.69) is 36.5 Å². The first-order valence-electron chi connectivity index (χ1n) is 8.35. The topological polar surface area (TPSA) is 53.9 Å². The van der Waals surface area contributed by atoms with Gasteiger partial charge in [-0.3, -0.25) is 0 Å². The minimum absolute atomic E-state index is 0.0326. The fourth-order valence-corrected chi connectivity index (χ4v) is 2.71. The van der Waals surface area contributed by atoms with Crippen molar-refractivity contribution in [3.63, 3.8) is 0 Å². The Labute approximate surface area is 138 Å². The predicted octanol–water partition coefficient (Wildman–Crippen LogP) is 3.32. The van der Waals surface area contributed by atoms with E-state index in [-0.39, 0.29) is 18.2 Å². The SMILES string of the molecule is CCCN(CC1CC(c2ccccc2C)=NO1)C(=O)NC(C)C. The average Bonchev–Trinajstić information content (AvgIpc) is 2.95. The van der Waals surface area contributed by atoms with Crippen molar-refractivity contribution in [3.05, 3.63) is 35.4 Å². The van der Waals surface area contributed by atoms with Crippen LogP contribution in [0.4, 0.5) is 4.79 Å². The molecule has 5 heteroatoms. The Morgan fingerprint density at radius 3 is 2.83 bits per heavy atom. The second-order valence-electron chi connectivity index (χ2n) is 6.33. The smallest absolute Gasteiger partial charge is 0.317 e. The molecule has 0 saturated carbocycles. The summed E-state index contributed by atoms with van der Waals surface area (Å²) < 4.78 is 0. The van der Waals surface area contributed by atoms with Crippen LogP contribution in [0.2, 0.25) is 0 Å². The molecule has 0 saturated heterocycles. The summed E-state index contributed by atoms with van der Waals surface area (Å²) in [4.78, 5) is 19.7. The number of carbonyl (C=O) groups is 1. The van der Waals surface area contributed by atoms with Crippen LogP contribution in [-0.2, 0) is 4.84 Å². The summed E-state index contributed by atoms with van der Waals surface area (Å²) in [5.74, 6) is 0.